The van der Waals surface area contributed by atoms with Crippen LogP contribution in [-0.2, 0) is 0 Å². The number of hydrogen-bond donors (Lipinski definition) is 3. The molecule has 3 N–H and O–H groups in total. The Labute approximate surface area is 173 Å². The molecule has 0 radical (unpaired) electrons. The maximum absolute atomic E-state index is 13.5. The summed E-state index contributed by atoms with van der Waals surface area (Å²) in [5.74, 6) is -0.991. The third-order valence-corrected chi connectivity index (χ3v) is 6.02. The largest absolute Gasteiger partial charge is 0.396 e. The molecular formula is C20H28F2N6O2. The average Bonchev–Trinajstić information content (AvgIpc) is 3.02. The van der Waals surface area contributed by atoms with E-state index in [4.69, 9.17) is 0 Å². The monoisotopic (exact) mass is 422 g/mol. The van der Waals surface area contributed by atoms with Gasteiger partial charge in [-0.2, -0.15) is 15.1 Å². The Bertz CT molecular complexity index is 897. The molecule has 2 aliphatic rings. The molecule has 8 nitrogen and oxygen atoms in total. The highest BCUT2D eigenvalue weighted by Crippen LogP contribution is 2.36. The summed E-state index contributed by atoms with van der Waals surface area (Å²) in [7, 11) is 0. The number of alkyl halides is 2. The van der Waals surface area contributed by atoms with Gasteiger partial charge in [0.15, 0.2) is 5.82 Å². The van der Waals surface area contributed by atoms with Crippen molar-refractivity contribution in [3.8, 4) is 5.82 Å². The van der Waals surface area contributed by atoms with Crippen LogP contribution < -0.4 is 10.2 Å². The molecule has 0 atom stereocenters. The van der Waals surface area contributed by atoms with Gasteiger partial charge in [0.25, 0.3) is 0 Å². The van der Waals surface area contributed by atoms with Gasteiger partial charge < -0.3 is 20.4 Å². The number of halogens is 2. The van der Waals surface area contributed by atoms with Gasteiger partial charge in [-0.15, -0.1) is 0 Å². The second-order valence-corrected chi connectivity index (χ2v) is 8.69. The number of nitrogens with zero attached hydrogens (tertiary/aromatic N) is 5. The van der Waals surface area contributed by atoms with E-state index in [0.717, 1.165) is 11.4 Å². The Morgan fingerprint density at radius 3 is 2.27 bits per heavy atom. The van der Waals surface area contributed by atoms with Crippen molar-refractivity contribution in [3.63, 3.8) is 0 Å². The van der Waals surface area contributed by atoms with Gasteiger partial charge >= 0.3 is 0 Å². The number of nitrogens with one attached hydrogen (secondary N) is 1. The third kappa shape index (κ3) is 4.11. The van der Waals surface area contributed by atoms with Gasteiger partial charge in [-0.25, -0.2) is 13.5 Å². The SMILES string of the molecule is Cc1cc(C)n(-c2cc(N3CC(CO)(CO)C3)nc(NC3CCC(F)(F)CC3)n2)n1. The summed E-state index contributed by atoms with van der Waals surface area (Å²) >= 11 is 0. The molecule has 10 heteroatoms. The lowest BCUT2D eigenvalue weighted by atomic mass is 9.81. The van der Waals surface area contributed by atoms with Crippen molar-refractivity contribution in [1.82, 2.24) is 19.7 Å². The highest BCUT2D eigenvalue weighted by Gasteiger charge is 2.43. The van der Waals surface area contributed by atoms with Gasteiger partial charge in [0, 0.05) is 43.7 Å². The van der Waals surface area contributed by atoms with Crippen molar-refractivity contribution < 1.29 is 19.0 Å². The number of aromatic nitrogens is 4. The van der Waals surface area contributed by atoms with Crippen LogP contribution in [0, 0.1) is 19.3 Å². The van der Waals surface area contributed by atoms with Gasteiger partial charge in [0.05, 0.1) is 24.3 Å². The first-order valence-electron chi connectivity index (χ1n) is 10.3. The standard InChI is InChI=1S/C20H28F2N6O2/c1-13-7-14(2)28(26-13)17-8-16(27-9-19(10-27,11-29)12-30)24-18(25-17)23-15-3-5-20(21,22)6-4-15/h7-8,15,29-30H,3-6,9-12H2,1-2H3,(H,23,24,25). The van der Waals surface area contributed by atoms with Gasteiger partial charge in [-0.3, -0.25) is 0 Å². The van der Waals surface area contributed by atoms with Crippen molar-refractivity contribution in [3.05, 3.63) is 23.5 Å². The van der Waals surface area contributed by atoms with Crippen LogP contribution in [0.1, 0.15) is 37.1 Å². The fraction of sp³-hybridized carbons (Fsp3) is 0.650. The summed E-state index contributed by atoms with van der Waals surface area (Å²) in [6.07, 6.45) is 0.433. The molecule has 0 spiro atoms. The molecule has 0 bridgehead atoms. The minimum Gasteiger partial charge on any atom is -0.396 e. The highest BCUT2D eigenvalue weighted by molar-refractivity contribution is 5.52. The van der Waals surface area contributed by atoms with Gasteiger partial charge in [-0.05, 0) is 32.8 Å². The molecule has 0 amide bonds. The molecule has 30 heavy (non-hydrogen) atoms. The Balaban J connectivity index is 1.61. The Morgan fingerprint density at radius 1 is 1.07 bits per heavy atom. The van der Waals surface area contributed by atoms with E-state index in [-0.39, 0.29) is 32.1 Å². The van der Waals surface area contributed by atoms with Gasteiger partial charge in [0.2, 0.25) is 11.9 Å². The summed E-state index contributed by atoms with van der Waals surface area (Å²) in [6, 6.07) is 3.65. The first kappa shape index (κ1) is 20.9. The Hall–Kier alpha value is -2.33. The topological polar surface area (TPSA) is 99.3 Å². The fourth-order valence-electron chi connectivity index (χ4n) is 4.16. The van der Waals surface area contributed by atoms with Gasteiger partial charge in [0.1, 0.15) is 5.82 Å². The normalized spacial score (nSPS) is 20.8. The lowest BCUT2D eigenvalue weighted by Crippen LogP contribution is -2.60. The van der Waals surface area contributed by atoms with Crippen molar-refractivity contribution in [2.75, 3.05) is 36.5 Å². The summed E-state index contributed by atoms with van der Waals surface area (Å²) < 4.78 is 28.7. The molecule has 2 aromatic rings. The van der Waals surface area contributed by atoms with Crippen LogP contribution in [0.4, 0.5) is 20.5 Å². The van der Waals surface area contributed by atoms with E-state index in [1.54, 1.807) is 4.68 Å². The van der Waals surface area contributed by atoms with E-state index in [1.807, 2.05) is 30.9 Å². The van der Waals surface area contributed by atoms with Crippen LogP contribution in [0.3, 0.4) is 0 Å². The molecule has 1 saturated heterocycles. The first-order chi connectivity index (χ1) is 14.2. The first-order valence-corrected chi connectivity index (χ1v) is 10.3. The zero-order chi connectivity index (χ0) is 21.5. The second kappa shape index (κ2) is 7.73. The summed E-state index contributed by atoms with van der Waals surface area (Å²) in [4.78, 5) is 11.1. The van der Waals surface area contributed by atoms with Crippen LogP contribution in [0.25, 0.3) is 5.82 Å². The van der Waals surface area contributed by atoms with E-state index in [9.17, 15) is 19.0 Å². The summed E-state index contributed by atoms with van der Waals surface area (Å²) in [5.41, 5.74) is 1.25. The molecule has 2 aromatic heterocycles. The molecule has 3 heterocycles. The van der Waals surface area contributed by atoms with Crippen LogP contribution in [0.2, 0.25) is 0 Å². The predicted molar refractivity (Wildman–Crippen MR) is 108 cm³/mol. The number of hydrogen-bond acceptors (Lipinski definition) is 7. The smallest absolute Gasteiger partial charge is 0.248 e. The van der Waals surface area contributed by atoms with Crippen molar-refractivity contribution >= 4 is 11.8 Å². The minimum atomic E-state index is -2.59. The number of aliphatic hydroxyl groups is 2. The van der Waals surface area contributed by atoms with Crippen LogP contribution in [-0.4, -0.2) is 68.2 Å². The minimum absolute atomic E-state index is 0.100. The zero-order valence-electron chi connectivity index (χ0n) is 17.3. The van der Waals surface area contributed by atoms with Crippen LogP contribution in [0.5, 0.6) is 0 Å². The highest BCUT2D eigenvalue weighted by atomic mass is 19.3. The van der Waals surface area contributed by atoms with Crippen molar-refractivity contribution in [2.45, 2.75) is 51.5 Å². The molecule has 0 aromatic carbocycles. The number of rotatable bonds is 6. The van der Waals surface area contributed by atoms with E-state index >= 15 is 0 Å². The van der Waals surface area contributed by atoms with Crippen LogP contribution >= 0.6 is 0 Å². The van der Waals surface area contributed by atoms with Crippen LogP contribution in [0.15, 0.2) is 12.1 Å². The zero-order valence-corrected chi connectivity index (χ0v) is 17.3. The quantitative estimate of drug-likeness (QED) is 0.655. The molecule has 1 saturated carbocycles. The lowest BCUT2D eigenvalue weighted by Gasteiger charge is -2.48. The molecule has 0 unspecified atom stereocenters. The van der Waals surface area contributed by atoms with Gasteiger partial charge in [-0.1, -0.05) is 0 Å². The molecule has 4 rings (SSSR count). The van der Waals surface area contributed by atoms with E-state index in [2.05, 4.69) is 20.4 Å². The molecule has 2 fully saturated rings. The number of aliphatic hydroxyl groups excluding tert-OH is 2. The third-order valence-electron chi connectivity index (χ3n) is 6.02. The van der Waals surface area contributed by atoms with E-state index in [1.165, 1.54) is 0 Å². The summed E-state index contributed by atoms with van der Waals surface area (Å²) in [5, 5.41) is 26.9. The molecule has 164 valence electrons. The average molecular weight is 422 g/mol. The number of aryl methyl sites for hydroxylation is 2. The molecule has 1 aliphatic heterocycles. The van der Waals surface area contributed by atoms with E-state index in [0.29, 0.717) is 43.5 Å². The fourth-order valence-corrected chi connectivity index (χ4v) is 4.16. The Kier molecular flexibility index (Phi) is 5.39. The predicted octanol–water partition coefficient (Wildman–Crippen LogP) is 2.06. The maximum Gasteiger partial charge on any atom is 0.248 e. The van der Waals surface area contributed by atoms with Crippen molar-refractivity contribution in [1.29, 1.82) is 0 Å². The Morgan fingerprint density at radius 2 is 1.70 bits per heavy atom. The van der Waals surface area contributed by atoms with E-state index < -0.39 is 11.3 Å². The molecular weight excluding hydrogens is 394 g/mol. The summed E-state index contributed by atoms with van der Waals surface area (Å²) in [6.45, 7) is 4.59. The molecule has 1 aliphatic carbocycles. The van der Waals surface area contributed by atoms with Crippen molar-refractivity contribution in [2.24, 2.45) is 5.41 Å². The number of anilines is 2. The lowest BCUT2D eigenvalue weighted by molar-refractivity contribution is -0.0361. The maximum atomic E-state index is 13.5. The second-order valence-electron chi connectivity index (χ2n) is 8.69.